The van der Waals surface area contributed by atoms with Crippen molar-refractivity contribution in [1.82, 2.24) is 5.32 Å². The van der Waals surface area contributed by atoms with Crippen molar-refractivity contribution in [3.63, 3.8) is 0 Å². The number of rotatable bonds is 6. The highest BCUT2D eigenvalue weighted by Crippen LogP contribution is 2.22. The summed E-state index contributed by atoms with van der Waals surface area (Å²) in [7, 11) is 0. The van der Waals surface area contributed by atoms with Gasteiger partial charge in [0.2, 0.25) is 0 Å². The van der Waals surface area contributed by atoms with Gasteiger partial charge in [-0.15, -0.1) is 0 Å². The third-order valence-electron chi connectivity index (χ3n) is 3.49. The van der Waals surface area contributed by atoms with Crippen LogP contribution in [0.4, 0.5) is 4.39 Å². The van der Waals surface area contributed by atoms with E-state index in [0.29, 0.717) is 6.04 Å². The Morgan fingerprint density at radius 3 is 2.43 bits per heavy atom. The van der Waals surface area contributed by atoms with Gasteiger partial charge in [0, 0.05) is 22.1 Å². The zero-order valence-corrected chi connectivity index (χ0v) is 14.6. The van der Waals surface area contributed by atoms with Crippen molar-refractivity contribution in [3.8, 4) is 0 Å². The molecule has 0 heterocycles. The molecule has 2 rings (SSSR count). The van der Waals surface area contributed by atoms with Gasteiger partial charge in [-0.05, 0) is 64.4 Å². The van der Waals surface area contributed by atoms with Gasteiger partial charge in [-0.3, -0.25) is 0 Å². The van der Waals surface area contributed by atoms with Crippen molar-refractivity contribution in [2.75, 3.05) is 6.54 Å². The zero-order valence-electron chi connectivity index (χ0n) is 12.4. The number of hydrogen-bond donors (Lipinski definition) is 1. The maximum absolute atomic E-state index is 13.5. The lowest BCUT2D eigenvalue weighted by molar-refractivity contribution is 0.524. The van der Waals surface area contributed by atoms with E-state index in [2.05, 4.69) is 66.0 Å². The van der Waals surface area contributed by atoms with E-state index >= 15 is 0 Å². The molecule has 0 saturated heterocycles. The van der Waals surface area contributed by atoms with Gasteiger partial charge in [0.25, 0.3) is 0 Å². The van der Waals surface area contributed by atoms with Crippen molar-refractivity contribution >= 4 is 22.6 Å². The molecule has 2 aromatic carbocycles. The average Bonchev–Trinajstić information content (AvgIpc) is 2.45. The molecule has 0 bridgehead atoms. The fourth-order valence-corrected chi connectivity index (χ4v) is 2.71. The summed E-state index contributed by atoms with van der Waals surface area (Å²) in [4.78, 5) is 0. The van der Waals surface area contributed by atoms with Gasteiger partial charge in [0.05, 0.1) is 0 Å². The summed E-state index contributed by atoms with van der Waals surface area (Å²) < 4.78 is 14.7. The summed E-state index contributed by atoms with van der Waals surface area (Å²) >= 11 is 2.31. The minimum Gasteiger partial charge on any atom is -0.314 e. The van der Waals surface area contributed by atoms with Crippen LogP contribution in [0.5, 0.6) is 0 Å². The van der Waals surface area contributed by atoms with Crippen molar-refractivity contribution in [2.24, 2.45) is 0 Å². The second-order valence-corrected chi connectivity index (χ2v) is 6.89. The first-order valence-corrected chi connectivity index (χ1v) is 8.36. The monoisotopic (exact) mass is 397 g/mol. The van der Waals surface area contributed by atoms with Gasteiger partial charge in [-0.1, -0.05) is 38.1 Å². The minimum absolute atomic E-state index is 0.162. The van der Waals surface area contributed by atoms with Crippen LogP contribution in [0.15, 0.2) is 48.5 Å². The number of hydrogen-bond acceptors (Lipinski definition) is 1. The molecule has 0 radical (unpaired) electrons. The molecule has 0 aliphatic rings. The molecule has 0 fully saturated rings. The quantitative estimate of drug-likeness (QED) is 0.694. The van der Waals surface area contributed by atoms with Gasteiger partial charge >= 0.3 is 0 Å². The molecule has 112 valence electrons. The molecular weight excluding hydrogens is 376 g/mol. The van der Waals surface area contributed by atoms with Gasteiger partial charge in [0.1, 0.15) is 5.82 Å². The molecule has 0 saturated carbocycles. The molecule has 1 unspecified atom stereocenters. The van der Waals surface area contributed by atoms with E-state index in [1.807, 2.05) is 6.07 Å². The Labute approximate surface area is 140 Å². The Morgan fingerprint density at radius 1 is 1.10 bits per heavy atom. The van der Waals surface area contributed by atoms with Crippen LogP contribution in [0, 0.1) is 9.39 Å². The van der Waals surface area contributed by atoms with Crippen LogP contribution in [0.1, 0.15) is 30.9 Å². The largest absolute Gasteiger partial charge is 0.314 e. The zero-order chi connectivity index (χ0) is 15.2. The Bertz CT molecular complexity index is 566. The molecule has 3 heteroatoms. The molecule has 0 amide bonds. The van der Waals surface area contributed by atoms with Crippen LogP contribution in [-0.4, -0.2) is 12.6 Å². The summed E-state index contributed by atoms with van der Waals surface area (Å²) in [5, 5.41) is 3.47. The summed E-state index contributed by atoms with van der Waals surface area (Å²) in [5.74, 6) is 0.118. The van der Waals surface area contributed by atoms with Crippen LogP contribution in [0.25, 0.3) is 0 Å². The normalized spacial score (nSPS) is 12.6. The standard InChI is InChI=1S/C18H21FIN/c1-13(2)21-12-16(15-4-3-5-17(19)11-15)10-14-6-8-18(20)9-7-14/h3-9,11,13,16,21H,10,12H2,1-2H3. The Kier molecular flexibility index (Phi) is 6.18. The predicted molar refractivity (Wildman–Crippen MR) is 95.1 cm³/mol. The molecular formula is C18H21FIN. The highest BCUT2D eigenvalue weighted by atomic mass is 127. The summed E-state index contributed by atoms with van der Waals surface area (Å²) in [6.45, 7) is 5.12. The fraction of sp³-hybridized carbons (Fsp3) is 0.333. The topological polar surface area (TPSA) is 12.0 Å². The first-order valence-electron chi connectivity index (χ1n) is 7.28. The molecule has 1 nitrogen and oxygen atoms in total. The second kappa shape index (κ2) is 7.90. The van der Waals surface area contributed by atoms with Gasteiger partial charge in [0.15, 0.2) is 0 Å². The number of halogens is 2. The lowest BCUT2D eigenvalue weighted by atomic mass is 9.91. The SMILES string of the molecule is CC(C)NCC(Cc1ccc(I)cc1)c1cccc(F)c1. The van der Waals surface area contributed by atoms with Gasteiger partial charge in [-0.25, -0.2) is 4.39 Å². The van der Waals surface area contributed by atoms with E-state index in [1.165, 1.54) is 15.2 Å². The predicted octanol–water partition coefficient (Wildman–Crippen LogP) is 4.75. The molecule has 0 spiro atoms. The number of nitrogens with one attached hydrogen (secondary N) is 1. The third kappa shape index (κ3) is 5.40. The summed E-state index contributed by atoms with van der Waals surface area (Å²) in [5.41, 5.74) is 2.34. The highest BCUT2D eigenvalue weighted by molar-refractivity contribution is 14.1. The molecule has 0 aliphatic heterocycles. The Morgan fingerprint density at radius 2 is 1.81 bits per heavy atom. The van der Waals surface area contributed by atoms with E-state index in [0.717, 1.165) is 18.5 Å². The van der Waals surface area contributed by atoms with Crippen molar-refractivity contribution < 1.29 is 4.39 Å². The minimum atomic E-state index is -0.162. The molecule has 1 atom stereocenters. The maximum atomic E-state index is 13.5. The van der Waals surface area contributed by atoms with Crippen molar-refractivity contribution in [2.45, 2.75) is 32.2 Å². The molecule has 21 heavy (non-hydrogen) atoms. The van der Waals surface area contributed by atoms with Crippen LogP contribution in [0.3, 0.4) is 0 Å². The second-order valence-electron chi connectivity index (χ2n) is 5.65. The van der Waals surface area contributed by atoms with E-state index in [1.54, 1.807) is 12.1 Å². The fourth-order valence-electron chi connectivity index (χ4n) is 2.35. The molecule has 1 N–H and O–H groups in total. The summed E-state index contributed by atoms with van der Waals surface area (Å²) in [6, 6.07) is 15.9. The highest BCUT2D eigenvalue weighted by Gasteiger charge is 2.13. The van der Waals surface area contributed by atoms with E-state index in [9.17, 15) is 4.39 Å². The smallest absolute Gasteiger partial charge is 0.123 e. The van der Waals surface area contributed by atoms with Crippen LogP contribution in [-0.2, 0) is 6.42 Å². The van der Waals surface area contributed by atoms with Gasteiger partial charge in [-0.2, -0.15) is 0 Å². The first-order chi connectivity index (χ1) is 10.0. The van der Waals surface area contributed by atoms with E-state index in [4.69, 9.17) is 0 Å². The van der Waals surface area contributed by atoms with Crippen LogP contribution >= 0.6 is 22.6 Å². The van der Waals surface area contributed by atoms with Crippen LogP contribution in [0.2, 0.25) is 0 Å². The van der Waals surface area contributed by atoms with E-state index < -0.39 is 0 Å². The summed E-state index contributed by atoms with van der Waals surface area (Å²) in [6.07, 6.45) is 0.917. The van der Waals surface area contributed by atoms with Crippen molar-refractivity contribution in [1.29, 1.82) is 0 Å². The third-order valence-corrected chi connectivity index (χ3v) is 4.21. The lowest BCUT2D eigenvalue weighted by Gasteiger charge is -2.20. The lowest BCUT2D eigenvalue weighted by Crippen LogP contribution is -2.29. The maximum Gasteiger partial charge on any atom is 0.123 e. The van der Waals surface area contributed by atoms with Crippen LogP contribution < -0.4 is 5.32 Å². The average molecular weight is 397 g/mol. The van der Waals surface area contributed by atoms with E-state index in [-0.39, 0.29) is 11.7 Å². The van der Waals surface area contributed by atoms with Crippen molar-refractivity contribution in [3.05, 3.63) is 69.0 Å². The molecule has 0 aromatic heterocycles. The Balaban J connectivity index is 2.17. The Hall–Kier alpha value is -0.940. The molecule has 2 aromatic rings. The molecule has 0 aliphatic carbocycles. The van der Waals surface area contributed by atoms with Gasteiger partial charge < -0.3 is 5.32 Å². The number of benzene rings is 2. The first kappa shape index (κ1) is 16.4.